The minimum Gasteiger partial charge on any atom is -0.496 e. The van der Waals surface area contributed by atoms with E-state index in [0.29, 0.717) is 28.9 Å². The van der Waals surface area contributed by atoms with Gasteiger partial charge < -0.3 is 14.8 Å². The van der Waals surface area contributed by atoms with Gasteiger partial charge in [-0.15, -0.1) is 11.3 Å². The van der Waals surface area contributed by atoms with Gasteiger partial charge in [0.2, 0.25) is 5.13 Å². The van der Waals surface area contributed by atoms with Crippen LogP contribution in [0.15, 0.2) is 60.0 Å². The molecule has 8 heteroatoms. The SMILES string of the molecule is CCOc1ccc(-c2csc(-n3nc(C)cc3NC(=O)c3ccccc3OC)n2)cc1. The van der Waals surface area contributed by atoms with Gasteiger partial charge in [0, 0.05) is 17.0 Å². The summed E-state index contributed by atoms with van der Waals surface area (Å²) in [5.74, 6) is 1.60. The second-order valence-electron chi connectivity index (χ2n) is 6.71. The summed E-state index contributed by atoms with van der Waals surface area (Å²) in [6.07, 6.45) is 0. The van der Waals surface area contributed by atoms with Crippen LogP contribution in [-0.4, -0.2) is 34.4 Å². The van der Waals surface area contributed by atoms with Crippen molar-refractivity contribution in [2.24, 2.45) is 0 Å². The number of anilines is 1. The molecule has 2 heterocycles. The first-order valence-corrected chi connectivity index (χ1v) is 10.7. The summed E-state index contributed by atoms with van der Waals surface area (Å²) in [5, 5.41) is 10.1. The molecular formula is C23H22N4O3S. The number of nitrogens with one attached hydrogen (secondary N) is 1. The third kappa shape index (κ3) is 4.44. The van der Waals surface area contributed by atoms with Crippen LogP contribution in [0.2, 0.25) is 0 Å². The lowest BCUT2D eigenvalue weighted by Gasteiger charge is -2.09. The van der Waals surface area contributed by atoms with Crippen LogP contribution in [-0.2, 0) is 0 Å². The smallest absolute Gasteiger partial charge is 0.260 e. The van der Waals surface area contributed by atoms with E-state index in [4.69, 9.17) is 14.5 Å². The molecule has 4 rings (SSSR count). The molecule has 0 unspecified atom stereocenters. The Bertz CT molecular complexity index is 1200. The first kappa shape index (κ1) is 20.6. The fourth-order valence-corrected chi connectivity index (χ4v) is 3.93. The molecule has 0 aliphatic heterocycles. The van der Waals surface area contributed by atoms with Gasteiger partial charge >= 0.3 is 0 Å². The van der Waals surface area contributed by atoms with Gasteiger partial charge in [-0.05, 0) is 50.2 Å². The van der Waals surface area contributed by atoms with Gasteiger partial charge in [-0.3, -0.25) is 4.79 Å². The van der Waals surface area contributed by atoms with Crippen molar-refractivity contribution in [3.63, 3.8) is 0 Å². The summed E-state index contributed by atoms with van der Waals surface area (Å²) >= 11 is 1.45. The summed E-state index contributed by atoms with van der Waals surface area (Å²) < 4.78 is 12.4. The standard InChI is InChI=1S/C23H22N4O3S/c1-4-30-17-11-9-16(10-12-17)19-14-31-23(24-19)27-21(13-15(2)26-27)25-22(28)18-7-5-6-8-20(18)29-3/h5-14H,4H2,1-3H3,(H,25,28). The minimum atomic E-state index is -0.276. The van der Waals surface area contributed by atoms with Gasteiger partial charge in [-0.2, -0.15) is 9.78 Å². The van der Waals surface area contributed by atoms with Crippen molar-refractivity contribution in [3.05, 3.63) is 71.2 Å². The van der Waals surface area contributed by atoms with Gasteiger partial charge in [0.25, 0.3) is 5.91 Å². The number of hydrogen-bond donors (Lipinski definition) is 1. The number of amides is 1. The maximum Gasteiger partial charge on any atom is 0.260 e. The quantitative estimate of drug-likeness (QED) is 0.445. The van der Waals surface area contributed by atoms with Crippen LogP contribution in [0.5, 0.6) is 11.5 Å². The van der Waals surface area contributed by atoms with Gasteiger partial charge in [-0.1, -0.05) is 12.1 Å². The molecule has 0 atom stereocenters. The lowest BCUT2D eigenvalue weighted by atomic mass is 10.2. The highest BCUT2D eigenvalue weighted by atomic mass is 32.1. The molecule has 0 spiro atoms. The molecule has 4 aromatic rings. The van der Waals surface area contributed by atoms with Crippen LogP contribution in [0.4, 0.5) is 5.82 Å². The Labute approximate surface area is 184 Å². The number of rotatable bonds is 7. The molecule has 31 heavy (non-hydrogen) atoms. The Morgan fingerprint density at radius 2 is 1.94 bits per heavy atom. The van der Waals surface area contributed by atoms with E-state index in [-0.39, 0.29) is 5.91 Å². The van der Waals surface area contributed by atoms with E-state index in [9.17, 15) is 4.79 Å². The van der Waals surface area contributed by atoms with Gasteiger partial charge in [-0.25, -0.2) is 4.98 Å². The molecule has 0 saturated heterocycles. The number of benzene rings is 2. The van der Waals surface area contributed by atoms with Crippen LogP contribution in [0, 0.1) is 6.92 Å². The number of nitrogens with zero attached hydrogens (tertiary/aromatic N) is 3. The van der Waals surface area contributed by atoms with Gasteiger partial charge in [0.1, 0.15) is 17.3 Å². The number of carbonyl (C=O) groups is 1. The molecule has 0 fully saturated rings. The number of thiazole rings is 1. The normalized spacial score (nSPS) is 10.7. The third-order valence-corrected chi connectivity index (χ3v) is 5.38. The maximum atomic E-state index is 12.8. The van der Waals surface area contributed by atoms with Crippen molar-refractivity contribution >= 4 is 23.1 Å². The molecule has 158 valence electrons. The second kappa shape index (κ2) is 9.01. The zero-order valence-electron chi connectivity index (χ0n) is 17.5. The third-order valence-electron chi connectivity index (χ3n) is 4.56. The Kier molecular flexibility index (Phi) is 5.99. The average molecular weight is 435 g/mol. The highest BCUT2D eigenvalue weighted by Gasteiger charge is 2.17. The first-order chi connectivity index (χ1) is 15.1. The molecule has 0 bridgehead atoms. The first-order valence-electron chi connectivity index (χ1n) is 9.79. The molecule has 2 aromatic heterocycles. The Morgan fingerprint density at radius 1 is 1.16 bits per heavy atom. The van der Waals surface area contributed by atoms with E-state index in [1.54, 1.807) is 30.0 Å². The summed E-state index contributed by atoms with van der Waals surface area (Å²) in [4.78, 5) is 17.6. The number of aromatic nitrogens is 3. The van der Waals surface area contributed by atoms with Crippen molar-refractivity contribution in [2.75, 3.05) is 19.0 Å². The van der Waals surface area contributed by atoms with Crippen LogP contribution >= 0.6 is 11.3 Å². The topological polar surface area (TPSA) is 78.3 Å². The minimum absolute atomic E-state index is 0.276. The van der Waals surface area contributed by atoms with E-state index >= 15 is 0 Å². The molecule has 0 radical (unpaired) electrons. The van der Waals surface area contributed by atoms with E-state index in [1.165, 1.54) is 11.3 Å². The molecule has 0 aliphatic carbocycles. The summed E-state index contributed by atoms with van der Waals surface area (Å²) in [5.41, 5.74) is 3.03. The molecule has 0 saturated carbocycles. The largest absolute Gasteiger partial charge is 0.496 e. The Hall–Kier alpha value is -3.65. The monoisotopic (exact) mass is 434 g/mol. The maximum absolute atomic E-state index is 12.8. The van der Waals surface area contributed by atoms with E-state index in [1.807, 2.05) is 55.6 Å². The molecule has 0 aliphatic rings. The number of hydrogen-bond acceptors (Lipinski definition) is 6. The predicted octanol–water partition coefficient (Wildman–Crippen LogP) is 4.96. The molecule has 7 nitrogen and oxygen atoms in total. The van der Waals surface area contributed by atoms with Crippen LogP contribution < -0.4 is 14.8 Å². The van der Waals surface area contributed by atoms with Crippen LogP contribution in [0.3, 0.4) is 0 Å². The van der Waals surface area contributed by atoms with Crippen molar-refractivity contribution in [1.82, 2.24) is 14.8 Å². The number of para-hydroxylation sites is 1. The molecule has 1 amide bonds. The summed E-state index contributed by atoms with van der Waals surface area (Å²) in [6, 6.07) is 16.7. The van der Waals surface area contributed by atoms with Crippen LogP contribution in [0.25, 0.3) is 16.4 Å². The predicted molar refractivity (Wildman–Crippen MR) is 122 cm³/mol. The van der Waals surface area contributed by atoms with Gasteiger partial charge in [0.05, 0.1) is 30.7 Å². The fraction of sp³-hybridized carbons (Fsp3) is 0.174. The number of aryl methyl sites for hydroxylation is 1. The number of carbonyl (C=O) groups excluding carboxylic acids is 1. The molecular weight excluding hydrogens is 412 g/mol. The average Bonchev–Trinajstić information content (AvgIpc) is 3.41. The van der Waals surface area contributed by atoms with Crippen molar-refractivity contribution in [1.29, 1.82) is 0 Å². The second-order valence-corrected chi connectivity index (χ2v) is 7.55. The molecule has 1 N–H and O–H groups in total. The highest BCUT2D eigenvalue weighted by Crippen LogP contribution is 2.28. The molecule has 2 aromatic carbocycles. The van der Waals surface area contributed by atoms with Crippen molar-refractivity contribution in [3.8, 4) is 27.9 Å². The zero-order valence-corrected chi connectivity index (χ0v) is 18.3. The van der Waals surface area contributed by atoms with Crippen molar-refractivity contribution < 1.29 is 14.3 Å². The Balaban J connectivity index is 1.60. The zero-order chi connectivity index (χ0) is 21.8. The number of ether oxygens (including phenoxy) is 2. The summed E-state index contributed by atoms with van der Waals surface area (Å²) in [7, 11) is 1.54. The lowest BCUT2D eigenvalue weighted by molar-refractivity contribution is 0.102. The van der Waals surface area contributed by atoms with Crippen LogP contribution in [0.1, 0.15) is 23.0 Å². The number of methoxy groups -OCH3 is 1. The lowest BCUT2D eigenvalue weighted by Crippen LogP contribution is -2.16. The fourth-order valence-electron chi connectivity index (χ4n) is 3.13. The highest BCUT2D eigenvalue weighted by molar-refractivity contribution is 7.12. The van der Waals surface area contributed by atoms with E-state index < -0.39 is 0 Å². The summed E-state index contributed by atoms with van der Waals surface area (Å²) in [6.45, 7) is 4.45. The van der Waals surface area contributed by atoms with Crippen molar-refractivity contribution in [2.45, 2.75) is 13.8 Å². The van der Waals surface area contributed by atoms with E-state index in [0.717, 1.165) is 22.7 Å². The Morgan fingerprint density at radius 3 is 2.68 bits per heavy atom. The van der Waals surface area contributed by atoms with Gasteiger partial charge in [0.15, 0.2) is 0 Å². The van der Waals surface area contributed by atoms with E-state index in [2.05, 4.69) is 10.4 Å².